The number of hydrogen-bond donors (Lipinski definition) is 1. The van der Waals surface area contributed by atoms with Crippen molar-refractivity contribution in [3.63, 3.8) is 0 Å². The van der Waals surface area contributed by atoms with Crippen LogP contribution in [-0.4, -0.2) is 70.9 Å². The summed E-state index contributed by atoms with van der Waals surface area (Å²) in [6, 6.07) is 0.469. The first-order valence-electron chi connectivity index (χ1n) is 11.0. The standard InChI is InChI=1S/C21H25ClF3N5O3/c22-15-12-14(21(23,24)25)13-26-17(15)29-10-8-28(9-11-29)16(31)4-3-7-30-18(32)20(27-19(30)33)5-1-2-6-20/h12-13H,1-11H2,(H,27,33). The number of carbonyl (C=O) groups is 3. The van der Waals surface area contributed by atoms with Gasteiger partial charge in [-0.25, -0.2) is 9.78 Å². The molecule has 0 bridgehead atoms. The Hall–Kier alpha value is -2.56. The average molecular weight is 488 g/mol. The molecule has 1 saturated carbocycles. The number of anilines is 1. The monoisotopic (exact) mass is 487 g/mol. The zero-order valence-electron chi connectivity index (χ0n) is 18.0. The first kappa shape index (κ1) is 23.6. The van der Waals surface area contributed by atoms with Gasteiger partial charge in [-0.2, -0.15) is 13.2 Å². The van der Waals surface area contributed by atoms with Crippen molar-refractivity contribution < 1.29 is 27.6 Å². The Morgan fingerprint density at radius 1 is 1.15 bits per heavy atom. The summed E-state index contributed by atoms with van der Waals surface area (Å²) in [6.45, 7) is 1.73. The molecule has 0 radical (unpaired) electrons. The number of rotatable bonds is 5. The fraction of sp³-hybridized carbons (Fsp3) is 0.619. The molecule has 3 fully saturated rings. The van der Waals surface area contributed by atoms with E-state index in [-0.39, 0.29) is 41.7 Å². The zero-order chi connectivity index (χ0) is 23.8. The van der Waals surface area contributed by atoms with Gasteiger partial charge >= 0.3 is 12.2 Å². The molecule has 3 heterocycles. The van der Waals surface area contributed by atoms with E-state index in [1.807, 2.05) is 0 Å². The maximum absolute atomic E-state index is 12.8. The lowest BCUT2D eigenvalue weighted by Crippen LogP contribution is -2.49. The molecule has 3 aliphatic rings. The van der Waals surface area contributed by atoms with Gasteiger partial charge in [0.15, 0.2) is 0 Å². The minimum absolute atomic E-state index is 0.0850. The molecule has 1 aliphatic carbocycles. The summed E-state index contributed by atoms with van der Waals surface area (Å²) in [4.78, 5) is 46.0. The zero-order valence-corrected chi connectivity index (χ0v) is 18.7. The number of nitrogens with one attached hydrogen (secondary N) is 1. The van der Waals surface area contributed by atoms with Gasteiger partial charge in [-0.1, -0.05) is 24.4 Å². The van der Waals surface area contributed by atoms with Crippen molar-refractivity contribution in [1.82, 2.24) is 20.1 Å². The SMILES string of the molecule is O=C(CCCN1C(=O)NC2(CCCC2)C1=O)N1CCN(c2ncc(C(F)(F)F)cc2Cl)CC1. The predicted molar refractivity (Wildman–Crippen MR) is 114 cm³/mol. The van der Waals surface area contributed by atoms with Gasteiger partial charge in [-0.05, 0) is 25.3 Å². The molecule has 2 aliphatic heterocycles. The quantitative estimate of drug-likeness (QED) is 0.645. The van der Waals surface area contributed by atoms with Crippen molar-refractivity contribution in [1.29, 1.82) is 0 Å². The molecule has 2 saturated heterocycles. The van der Waals surface area contributed by atoms with E-state index in [0.29, 0.717) is 45.4 Å². The summed E-state index contributed by atoms with van der Waals surface area (Å²) in [5, 5.41) is 2.74. The fourth-order valence-corrected chi connectivity index (χ4v) is 5.02. The maximum Gasteiger partial charge on any atom is 0.417 e. The lowest BCUT2D eigenvalue weighted by atomic mass is 9.98. The first-order valence-corrected chi connectivity index (χ1v) is 11.4. The minimum Gasteiger partial charge on any atom is -0.352 e. The van der Waals surface area contributed by atoms with Gasteiger partial charge in [0, 0.05) is 45.3 Å². The van der Waals surface area contributed by atoms with Crippen LogP contribution in [0.5, 0.6) is 0 Å². The van der Waals surface area contributed by atoms with Gasteiger partial charge in [0.05, 0.1) is 10.6 Å². The van der Waals surface area contributed by atoms with Crippen LogP contribution in [0.15, 0.2) is 12.3 Å². The Labute approximate surface area is 194 Å². The van der Waals surface area contributed by atoms with Gasteiger partial charge in [-0.15, -0.1) is 0 Å². The summed E-state index contributed by atoms with van der Waals surface area (Å²) in [6.07, 6.45) is -0.0360. The number of urea groups is 1. The molecule has 4 rings (SSSR count). The van der Waals surface area contributed by atoms with Crippen molar-refractivity contribution in [3.05, 3.63) is 22.8 Å². The van der Waals surface area contributed by atoms with Gasteiger partial charge in [0.2, 0.25) is 5.91 Å². The van der Waals surface area contributed by atoms with Crippen LogP contribution in [0.3, 0.4) is 0 Å². The molecule has 0 atom stereocenters. The summed E-state index contributed by atoms with van der Waals surface area (Å²) >= 11 is 6.02. The van der Waals surface area contributed by atoms with Crippen molar-refractivity contribution in [2.24, 2.45) is 0 Å². The molecule has 33 heavy (non-hydrogen) atoms. The van der Waals surface area contributed by atoms with Gasteiger partial charge < -0.3 is 15.1 Å². The van der Waals surface area contributed by atoms with Crippen LogP contribution < -0.4 is 10.2 Å². The molecule has 12 heteroatoms. The minimum atomic E-state index is -4.52. The number of halogens is 4. The van der Waals surface area contributed by atoms with Crippen molar-refractivity contribution in [2.45, 2.75) is 50.2 Å². The maximum atomic E-state index is 12.8. The van der Waals surface area contributed by atoms with E-state index in [1.165, 1.54) is 4.90 Å². The summed E-state index contributed by atoms with van der Waals surface area (Å²) < 4.78 is 38.4. The van der Waals surface area contributed by atoms with E-state index in [9.17, 15) is 27.6 Å². The van der Waals surface area contributed by atoms with E-state index >= 15 is 0 Å². The second kappa shape index (κ2) is 9.00. The van der Waals surface area contributed by atoms with Crippen molar-refractivity contribution >= 4 is 35.3 Å². The molecular weight excluding hydrogens is 463 g/mol. The Balaban J connectivity index is 1.25. The number of piperazine rings is 1. The van der Waals surface area contributed by atoms with Gasteiger partial charge in [-0.3, -0.25) is 14.5 Å². The number of nitrogens with zero attached hydrogens (tertiary/aromatic N) is 4. The van der Waals surface area contributed by atoms with Crippen LogP contribution in [0.25, 0.3) is 0 Å². The molecule has 180 valence electrons. The van der Waals surface area contributed by atoms with Crippen LogP contribution in [0, 0.1) is 0 Å². The molecular formula is C21H25ClF3N5O3. The van der Waals surface area contributed by atoms with E-state index in [1.54, 1.807) is 9.80 Å². The van der Waals surface area contributed by atoms with Crippen molar-refractivity contribution in [2.75, 3.05) is 37.6 Å². The lowest BCUT2D eigenvalue weighted by Gasteiger charge is -2.36. The van der Waals surface area contributed by atoms with E-state index in [2.05, 4.69) is 10.3 Å². The highest BCUT2D eigenvalue weighted by atomic mass is 35.5. The molecule has 8 nitrogen and oxygen atoms in total. The molecule has 0 aromatic carbocycles. The highest BCUT2D eigenvalue weighted by molar-refractivity contribution is 6.33. The smallest absolute Gasteiger partial charge is 0.352 e. The van der Waals surface area contributed by atoms with Gasteiger partial charge in [0.25, 0.3) is 5.91 Å². The third-order valence-electron chi connectivity index (χ3n) is 6.56. The van der Waals surface area contributed by atoms with Crippen LogP contribution >= 0.6 is 11.6 Å². The number of alkyl halides is 3. The Morgan fingerprint density at radius 2 is 1.82 bits per heavy atom. The molecule has 1 aromatic rings. The molecule has 1 aromatic heterocycles. The summed E-state index contributed by atoms with van der Waals surface area (Å²) in [5.74, 6) is -0.0214. The van der Waals surface area contributed by atoms with Crippen LogP contribution in [0.2, 0.25) is 5.02 Å². The number of carbonyl (C=O) groups excluding carboxylic acids is 3. The Bertz CT molecular complexity index is 944. The second-order valence-electron chi connectivity index (χ2n) is 8.67. The number of imide groups is 1. The number of aromatic nitrogens is 1. The van der Waals surface area contributed by atoms with E-state index in [0.717, 1.165) is 25.1 Å². The average Bonchev–Trinajstić information content (AvgIpc) is 3.33. The summed E-state index contributed by atoms with van der Waals surface area (Å²) in [7, 11) is 0. The molecule has 1 spiro atoms. The number of hydrogen-bond acceptors (Lipinski definition) is 5. The summed E-state index contributed by atoms with van der Waals surface area (Å²) in [5.41, 5.74) is -1.65. The molecule has 1 N–H and O–H groups in total. The third kappa shape index (κ3) is 4.73. The highest BCUT2D eigenvalue weighted by Crippen LogP contribution is 2.35. The van der Waals surface area contributed by atoms with Crippen LogP contribution in [0.1, 0.15) is 44.1 Å². The van der Waals surface area contributed by atoms with Crippen molar-refractivity contribution in [3.8, 4) is 0 Å². The number of pyridine rings is 1. The third-order valence-corrected chi connectivity index (χ3v) is 6.83. The molecule has 4 amide bonds. The first-order chi connectivity index (χ1) is 15.6. The number of amides is 4. The highest BCUT2D eigenvalue weighted by Gasteiger charge is 2.52. The van der Waals surface area contributed by atoms with Gasteiger partial charge in [0.1, 0.15) is 11.4 Å². The van der Waals surface area contributed by atoms with E-state index in [4.69, 9.17) is 11.6 Å². The Morgan fingerprint density at radius 3 is 2.42 bits per heavy atom. The largest absolute Gasteiger partial charge is 0.417 e. The lowest BCUT2D eigenvalue weighted by molar-refractivity contribution is -0.138. The van der Waals surface area contributed by atoms with Crippen LogP contribution in [0.4, 0.5) is 23.8 Å². The van der Waals surface area contributed by atoms with Crippen LogP contribution in [-0.2, 0) is 15.8 Å². The molecule has 0 unspecified atom stereocenters. The predicted octanol–water partition coefficient (Wildman–Crippen LogP) is 3.05. The second-order valence-corrected chi connectivity index (χ2v) is 9.08. The fourth-order valence-electron chi connectivity index (χ4n) is 4.73. The van der Waals surface area contributed by atoms with E-state index < -0.39 is 17.3 Å². The normalized spacial score (nSPS) is 20.7. The topological polar surface area (TPSA) is 85.8 Å². The Kier molecular flexibility index (Phi) is 6.43.